The summed E-state index contributed by atoms with van der Waals surface area (Å²) in [7, 11) is 0. The molecular formula is C22H22N4O. The Kier molecular flexibility index (Phi) is 5.10. The second-order valence-corrected chi connectivity index (χ2v) is 6.62. The minimum absolute atomic E-state index is 0.154. The molecule has 0 atom stereocenters. The van der Waals surface area contributed by atoms with E-state index in [1.807, 2.05) is 71.6 Å². The lowest BCUT2D eigenvalue weighted by Gasteiger charge is -2.36. The van der Waals surface area contributed by atoms with Gasteiger partial charge in [-0.05, 0) is 17.2 Å². The van der Waals surface area contributed by atoms with Gasteiger partial charge in [0.1, 0.15) is 0 Å². The van der Waals surface area contributed by atoms with Crippen LogP contribution in [0.25, 0.3) is 0 Å². The lowest BCUT2D eigenvalue weighted by atomic mass is 9.90. The minimum Gasteiger partial charge on any atom is -0.338 e. The number of hydrogen-bond acceptors (Lipinski definition) is 4. The zero-order valence-corrected chi connectivity index (χ0v) is 15.1. The predicted molar refractivity (Wildman–Crippen MR) is 106 cm³/mol. The highest BCUT2D eigenvalue weighted by Gasteiger charge is 2.30. The lowest BCUT2D eigenvalue weighted by Crippen LogP contribution is -2.50. The van der Waals surface area contributed by atoms with E-state index < -0.39 is 0 Å². The summed E-state index contributed by atoms with van der Waals surface area (Å²) in [5.74, 6) is 0.611. The van der Waals surface area contributed by atoms with Crippen molar-refractivity contribution in [2.75, 3.05) is 31.1 Å². The van der Waals surface area contributed by atoms with Crippen molar-refractivity contribution in [1.29, 1.82) is 0 Å². The largest absolute Gasteiger partial charge is 0.338 e. The first kappa shape index (κ1) is 17.2. The van der Waals surface area contributed by atoms with Crippen molar-refractivity contribution in [1.82, 2.24) is 14.9 Å². The smallest absolute Gasteiger partial charge is 0.234 e. The van der Waals surface area contributed by atoms with Gasteiger partial charge in [-0.25, -0.2) is 9.97 Å². The van der Waals surface area contributed by atoms with Crippen LogP contribution in [-0.4, -0.2) is 47.0 Å². The normalized spacial score (nSPS) is 14.4. The standard InChI is InChI=1S/C22H22N4O/c27-21(25-14-16-26(17-15-25)22-23-12-7-13-24-22)20(18-8-3-1-4-9-18)19-10-5-2-6-11-19/h1-13,20H,14-17H2. The van der Waals surface area contributed by atoms with Crippen LogP contribution in [0.1, 0.15) is 17.0 Å². The fraction of sp³-hybridized carbons (Fsp3) is 0.227. The number of rotatable bonds is 4. The van der Waals surface area contributed by atoms with Crippen molar-refractivity contribution in [3.8, 4) is 0 Å². The quantitative estimate of drug-likeness (QED) is 0.719. The van der Waals surface area contributed by atoms with E-state index in [-0.39, 0.29) is 11.8 Å². The number of benzene rings is 2. The first-order valence-electron chi connectivity index (χ1n) is 9.23. The van der Waals surface area contributed by atoms with Gasteiger partial charge in [0, 0.05) is 38.6 Å². The van der Waals surface area contributed by atoms with Gasteiger partial charge in [-0.2, -0.15) is 0 Å². The molecule has 2 aromatic carbocycles. The van der Waals surface area contributed by atoms with Crippen LogP contribution in [0.3, 0.4) is 0 Å². The molecular weight excluding hydrogens is 336 g/mol. The molecule has 0 spiro atoms. The van der Waals surface area contributed by atoms with Crippen molar-refractivity contribution in [3.05, 3.63) is 90.3 Å². The third kappa shape index (κ3) is 3.82. The molecule has 136 valence electrons. The number of piperazine rings is 1. The number of carbonyl (C=O) groups is 1. The molecule has 1 aromatic heterocycles. The van der Waals surface area contributed by atoms with Gasteiger partial charge in [-0.1, -0.05) is 60.7 Å². The van der Waals surface area contributed by atoms with Gasteiger partial charge in [0.05, 0.1) is 5.92 Å². The summed E-state index contributed by atoms with van der Waals surface area (Å²) in [6.45, 7) is 2.83. The fourth-order valence-electron chi connectivity index (χ4n) is 3.53. The Morgan fingerprint density at radius 3 is 1.78 bits per heavy atom. The molecule has 1 saturated heterocycles. The molecule has 0 N–H and O–H groups in total. The third-order valence-electron chi connectivity index (χ3n) is 4.94. The number of anilines is 1. The number of nitrogens with zero attached hydrogens (tertiary/aromatic N) is 4. The van der Waals surface area contributed by atoms with E-state index in [9.17, 15) is 4.79 Å². The Labute approximate surface area is 159 Å². The highest BCUT2D eigenvalue weighted by atomic mass is 16.2. The second-order valence-electron chi connectivity index (χ2n) is 6.62. The average Bonchev–Trinajstić information content (AvgIpc) is 2.76. The van der Waals surface area contributed by atoms with Crippen LogP contribution < -0.4 is 4.90 Å². The maximum atomic E-state index is 13.4. The van der Waals surface area contributed by atoms with E-state index in [4.69, 9.17) is 0 Å². The van der Waals surface area contributed by atoms with Crippen LogP contribution in [0, 0.1) is 0 Å². The van der Waals surface area contributed by atoms with Gasteiger partial charge >= 0.3 is 0 Å². The molecule has 4 rings (SSSR count). The monoisotopic (exact) mass is 358 g/mol. The van der Waals surface area contributed by atoms with Crippen molar-refractivity contribution in [3.63, 3.8) is 0 Å². The van der Waals surface area contributed by atoms with Crippen molar-refractivity contribution >= 4 is 11.9 Å². The maximum absolute atomic E-state index is 13.4. The van der Waals surface area contributed by atoms with E-state index in [0.717, 1.165) is 30.2 Å². The molecule has 0 saturated carbocycles. The van der Waals surface area contributed by atoms with Crippen LogP contribution in [0.15, 0.2) is 79.1 Å². The van der Waals surface area contributed by atoms with E-state index in [0.29, 0.717) is 13.1 Å². The SMILES string of the molecule is O=C(C(c1ccccc1)c1ccccc1)N1CCN(c2ncccn2)CC1. The fourth-order valence-corrected chi connectivity index (χ4v) is 3.53. The summed E-state index contributed by atoms with van der Waals surface area (Å²) >= 11 is 0. The highest BCUT2D eigenvalue weighted by Crippen LogP contribution is 2.27. The van der Waals surface area contributed by atoms with Crippen LogP contribution in [0.5, 0.6) is 0 Å². The molecule has 5 heteroatoms. The van der Waals surface area contributed by atoms with Gasteiger partial charge in [0.15, 0.2) is 0 Å². The zero-order chi connectivity index (χ0) is 18.5. The van der Waals surface area contributed by atoms with Gasteiger partial charge in [-0.3, -0.25) is 4.79 Å². The number of aromatic nitrogens is 2. The molecule has 1 aliphatic rings. The predicted octanol–water partition coefficient (Wildman–Crippen LogP) is 2.96. The molecule has 0 radical (unpaired) electrons. The second kappa shape index (κ2) is 7.99. The molecule has 0 unspecified atom stereocenters. The third-order valence-corrected chi connectivity index (χ3v) is 4.94. The topological polar surface area (TPSA) is 49.3 Å². The van der Waals surface area contributed by atoms with E-state index in [1.165, 1.54) is 0 Å². The Hall–Kier alpha value is -3.21. The molecule has 3 aromatic rings. The summed E-state index contributed by atoms with van der Waals surface area (Å²) in [4.78, 5) is 26.1. The van der Waals surface area contributed by atoms with Crippen LogP contribution in [0.4, 0.5) is 5.95 Å². The Morgan fingerprint density at radius 1 is 0.741 bits per heavy atom. The lowest BCUT2D eigenvalue weighted by molar-refractivity contribution is -0.132. The zero-order valence-electron chi connectivity index (χ0n) is 15.1. The molecule has 5 nitrogen and oxygen atoms in total. The molecule has 1 amide bonds. The molecule has 2 heterocycles. The minimum atomic E-state index is -0.271. The van der Waals surface area contributed by atoms with E-state index in [2.05, 4.69) is 14.9 Å². The highest BCUT2D eigenvalue weighted by molar-refractivity contribution is 5.87. The van der Waals surface area contributed by atoms with Crippen LogP contribution in [0.2, 0.25) is 0 Å². The first-order chi connectivity index (χ1) is 13.3. The summed E-state index contributed by atoms with van der Waals surface area (Å²) in [5.41, 5.74) is 2.06. The Morgan fingerprint density at radius 2 is 1.26 bits per heavy atom. The summed E-state index contributed by atoms with van der Waals surface area (Å²) in [6, 6.07) is 21.9. The molecule has 1 fully saturated rings. The Balaban J connectivity index is 1.53. The summed E-state index contributed by atoms with van der Waals surface area (Å²) < 4.78 is 0. The molecule has 0 bridgehead atoms. The van der Waals surface area contributed by atoms with Gasteiger partial charge < -0.3 is 9.80 Å². The first-order valence-corrected chi connectivity index (χ1v) is 9.23. The van der Waals surface area contributed by atoms with Crippen molar-refractivity contribution < 1.29 is 4.79 Å². The van der Waals surface area contributed by atoms with Gasteiger partial charge in [0.25, 0.3) is 0 Å². The average molecular weight is 358 g/mol. The molecule has 1 aliphatic heterocycles. The summed E-state index contributed by atoms with van der Waals surface area (Å²) in [5, 5.41) is 0. The molecule has 27 heavy (non-hydrogen) atoms. The van der Waals surface area contributed by atoms with Gasteiger partial charge in [-0.15, -0.1) is 0 Å². The van der Waals surface area contributed by atoms with Crippen LogP contribution >= 0.6 is 0 Å². The van der Waals surface area contributed by atoms with E-state index >= 15 is 0 Å². The molecule has 0 aliphatic carbocycles. The Bertz CT molecular complexity index is 823. The maximum Gasteiger partial charge on any atom is 0.234 e. The van der Waals surface area contributed by atoms with Crippen molar-refractivity contribution in [2.45, 2.75) is 5.92 Å². The van der Waals surface area contributed by atoms with Crippen LogP contribution in [-0.2, 0) is 4.79 Å². The summed E-state index contributed by atoms with van der Waals surface area (Å²) in [6.07, 6.45) is 3.50. The van der Waals surface area contributed by atoms with E-state index in [1.54, 1.807) is 12.4 Å². The number of amides is 1. The number of hydrogen-bond donors (Lipinski definition) is 0. The van der Waals surface area contributed by atoms with Gasteiger partial charge in [0.2, 0.25) is 11.9 Å². The number of carbonyl (C=O) groups excluding carboxylic acids is 1. The van der Waals surface area contributed by atoms with Crippen molar-refractivity contribution in [2.24, 2.45) is 0 Å².